The molecule has 1 aliphatic rings. The molecule has 2 heteroatoms. The molecular formula is C12H22OS. The number of hydrogen-bond donors (Lipinski definition) is 1. The molecule has 1 rings (SSSR count). The van der Waals surface area contributed by atoms with Gasteiger partial charge in [0.05, 0.1) is 6.10 Å². The molecule has 0 aromatic carbocycles. The predicted molar refractivity (Wildman–Crippen MR) is 64.8 cm³/mol. The fourth-order valence-corrected chi connectivity index (χ4v) is 2.54. The van der Waals surface area contributed by atoms with Crippen LogP contribution in [0.4, 0.5) is 0 Å². The van der Waals surface area contributed by atoms with Gasteiger partial charge in [-0.1, -0.05) is 25.0 Å². The van der Waals surface area contributed by atoms with E-state index in [1.807, 2.05) is 11.8 Å². The van der Waals surface area contributed by atoms with Crippen molar-refractivity contribution in [1.82, 2.24) is 0 Å². The van der Waals surface area contributed by atoms with Crippen molar-refractivity contribution in [2.24, 2.45) is 0 Å². The minimum absolute atomic E-state index is 0.161. The third kappa shape index (κ3) is 5.06. The van der Waals surface area contributed by atoms with E-state index in [0.29, 0.717) is 0 Å². The molecule has 0 aromatic rings. The highest BCUT2D eigenvalue weighted by Gasteiger charge is 2.08. The summed E-state index contributed by atoms with van der Waals surface area (Å²) in [7, 11) is 0. The number of allylic oxidation sites excluding steroid dienone is 1. The van der Waals surface area contributed by atoms with Crippen molar-refractivity contribution in [3.05, 3.63) is 11.6 Å². The molecule has 1 unspecified atom stereocenters. The normalized spacial score (nSPS) is 23.0. The summed E-state index contributed by atoms with van der Waals surface area (Å²) in [4.78, 5) is 0. The summed E-state index contributed by atoms with van der Waals surface area (Å²) < 4.78 is 0. The average Bonchev–Trinajstić information content (AvgIpc) is 2.38. The van der Waals surface area contributed by atoms with E-state index in [2.05, 4.69) is 13.0 Å². The van der Waals surface area contributed by atoms with Crippen LogP contribution in [0.15, 0.2) is 11.6 Å². The topological polar surface area (TPSA) is 20.2 Å². The van der Waals surface area contributed by atoms with Crippen LogP contribution >= 0.6 is 11.8 Å². The van der Waals surface area contributed by atoms with E-state index >= 15 is 0 Å². The molecule has 1 nitrogen and oxygen atoms in total. The summed E-state index contributed by atoms with van der Waals surface area (Å²) in [6, 6.07) is 0. The third-order valence-electron chi connectivity index (χ3n) is 2.67. The molecule has 0 fully saturated rings. The van der Waals surface area contributed by atoms with E-state index in [9.17, 15) is 5.11 Å². The maximum atomic E-state index is 9.58. The molecule has 0 heterocycles. The van der Waals surface area contributed by atoms with E-state index < -0.39 is 0 Å². The highest BCUT2D eigenvalue weighted by atomic mass is 32.2. The minimum Gasteiger partial charge on any atom is -0.389 e. The van der Waals surface area contributed by atoms with Crippen LogP contribution in [-0.2, 0) is 0 Å². The van der Waals surface area contributed by atoms with Crippen LogP contribution in [0, 0.1) is 0 Å². The monoisotopic (exact) mass is 214 g/mol. The molecule has 0 radical (unpaired) electrons. The highest BCUT2D eigenvalue weighted by Crippen LogP contribution is 2.21. The lowest BCUT2D eigenvalue weighted by Gasteiger charge is -2.05. The summed E-state index contributed by atoms with van der Waals surface area (Å²) in [6.45, 7) is 2.21. The Morgan fingerprint density at radius 3 is 3.14 bits per heavy atom. The molecule has 1 atom stereocenters. The molecule has 0 amide bonds. The van der Waals surface area contributed by atoms with Gasteiger partial charge in [0, 0.05) is 0 Å². The summed E-state index contributed by atoms with van der Waals surface area (Å²) in [6.07, 6.45) is 9.05. The van der Waals surface area contributed by atoms with E-state index in [1.54, 1.807) is 0 Å². The van der Waals surface area contributed by atoms with E-state index in [1.165, 1.54) is 49.2 Å². The minimum atomic E-state index is -0.161. The third-order valence-corrected chi connectivity index (χ3v) is 3.65. The first-order valence-electron chi connectivity index (χ1n) is 5.78. The van der Waals surface area contributed by atoms with Gasteiger partial charge in [0.25, 0.3) is 0 Å². The molecule has 82 valence electrons. The lowest BCUT2D eigenvalue weighted by molar-refractivity contribution is 0.211. The van der Waals surface area contributed by atoms with Crippen molar-refractivity contribution in [2.45, 2.75) is 51.6 Å². The molecule has 0 saturated carbocycles. The fraction of sp³-hybridized carbons (Fsp3) is 0.833. The van der Waals surface area contributed by atoms with Crippen LogP contribution < -0.4 is 0 Å². The second-order valence-corrected chi connectivity index (χ2v) is 5.33. The molecule has 0 aliphatic heterocycles. The highest BCUT2D eigenvalue weighted by molar-refractivity contribution is 7.99. The SMILES string of the molecule is CCSCCCC1=CC(O)CCCC1. The fourth-order valence-electron chi connectivity index (χ4n) is 1.90. The summed E-state index contributed by atoms with van der Waals surface area (Å²) in [5.41, 5.74) is 1.49. The van der Waals surface area contributed by atoms with Crippen molar-refractivity contribution in [3.8, 4) is 0 Å². The van der Waals surface area contributed by atoms with E-state index in [-0.39, 0.29) is 6.10 Å². The van der Waals surface area contributed by atoms with Crippen LogP contribution in [-0.4, -0.2) is 22.7 Å². The number of thioether (sulfide) groups is 1. The van der Waals surface area contributed by atoms with Crippen molar-refractivity contribution >= 4 is 11.8 Å². The maximum Gasteiger partial charge on any atom is 0.0723 e. The Balaban J connectivity index is 2.20. The maximum absolute atomic E-state index is 9.58. The summed E-state index contributed by atoms with van der Waals surface area (Å²) in [5, 5.41) is 9.58. The smallest absolute Gasteiger partial charge is 0.0723 e. The Morgan fingerprint density at radius 1 is 1.50 bits per heavy atom. The lowest BCUT2D eigenvalue weighted by atomic mass is 10.1. The molecule has 1 aliphatic carbocycles. The quantitative estimate of drug-likeness (QED) is 0.559. The molecule has 0 spiro atoms. The van der Waals surface area contributed by atoms with Crippen molar-refractivity contribution in [2.75, 3.05) is 11.5 Å². The zero-order valence-electron chi connectivity index (χ0n) is 9.17. The molecule has 0 saturated heterocycles. The molecule has 0 aromatic heterocycles. The average molecular weight is 214 g/mol. The standard InChI is InChI=1S/C12H22OS/c1-2-14-9-5-7-11-6-3-4-8-12(13)10-11/h10,12-13H,2-9H2,1H3. The Morgan fingerprint density at radius 2 is 2.36 bits per heavy atom. The first-order valence-corrected chi connectivity index (χ1v) is 6.93. The van der Waals surface area contributed by atoms with Gasteiger partial charge in [-0.25, -0.2) is 0 Å². The zero-order valence-corrected chi connectivity index (χ0v) is 9.98. The number of rotatable bonds is 5. The van der Waals surface area contributed by atoms with E-state index in [0.717, 1.165) is 6.42 Å². The van der Waals surface area contributed by atoms with Crippen molar-refractivity contribution in [3.63, 3.8) is 0 Å². The van der Waals surface area contributed by atoms with Gasteiger partial charge >= 0.3 is 0 Å². The van der Waals surface area contributed by atoms with Gasteiger partial charge in [-0.2, -0.15) is 11.8 Å². The van der Waals surface area contributed by atoms with Gasteiger partial charge in [-0.3, -0.25) is 0 Å². The Bertz CT molecular complexity index is 177. The lowest BCUT2D eigenvalue weighted by Crippen LogP contribution is -2.00. The number of hydrogen-bond acceptors (Lipinski definition) is 2. The van der Waals surface area contributed by atoms with E-state index in [4.69, 9.17) is 0 Å². The van der Waals surface area contributed by atoms with Crippen molar-refractivity contribution in [1.29, 1.82) is 0 Å². The Hall–Kier alpha value is 0.0500. The Kier molecular flexibility index (Phi) is 6.37. The second-order valence-electron chi connectivity index (χ2n) is 3.94. The molecule has 1 N–H and O–H groups in total. The molecular weight excluding hydrogens is 192 g/mol. The van der Waals surface area contributed by atoms with Crippen LogP contribution in [0.1, 0.15) is 45.4 Å². The zero-order chi connectivity index (χ0) is 10.2. The van der Waals surface area contributed by atoms with Crippen LogP contribution in [0.3, 0.4) is 0 Å². The van der Waals surface area contributed by atoms with Gasteiger partial charge < -0.3 is 5.11 Å². The molecule has 0 bridgehead atoms. The largest absolute Gasteiger partial charge is 0.389 e. The Labute approximate surface area is 92.0 Å². The summed E-state index contributed by atoms with van der Waals surface area (Å²) >= 11 is 2.01. The number of aliphatic hydroxyl groups is 1. The predicted octanol–water partition coefficient (Wildman–Crippen LogP) is 3.38. The van der Waals surface area contributed by atoms with Gasteiger partial charge in [-0.15, -0.1) is 0 Å². The van der Waals surface area contributed by atoms with Crippen LogP contribution in [0.25, 0.3) is 0 Å². The second kappa shape index (κ2) is 7.36. The first kappa shape index (κ1) is 12.1. The van der Waals surface area contributed by atoms with Crippen LogP contribution in [0.5, 0.6) is 0 Å². The van der Waals surface area contributed by atoms with Gasteiger partial charge in [0.1, 0.15) is 0 Å². The first-order chi connectivity index (χ1) is 6.83. The van der Waals surface area contributed by atoms with Crippen LogP contribution in [0.2, 0.25) is 0 Å². The number of aliphatic hydroxyl groups excluding tert-OH is 1. The summed E-state index contributed by atoms with van der Waals surface area (Å²) in [5.74, 6) is 2.49. The van der Waals surface area contributed by atoms with Gasteiger partial charge in [0.15, 0.2) is 0 Å². The molecule has 14 heavy (non-hydrogen) atoms. The van der Waals surface area contributed by atoms with Crippen molar-refractivity contribution < 1.29 is 5.11 Å². The van der Waals surface area contributed by atoms with Gasteiger partial charge in [-0.05, 0) is 43.6 Å². The van der Waals surface area contributed by atoms with Gasteiger partial charge in [0.2, 0.25) is 0 Å².